The lowest BCUT2D eigenvalue weighted by molar-refractivity contribution is 0.0189. The van der Waals surface area contributed by atoms with Crippen LogP contribution in [0.4, 0.5) is 0 Å². The van der Waals surface area contributed by atoms with E-state index < -0.39 is 5.60 Å². The lowest BCUT2D eigenvalue weighted by Crippen LogP contribution is -2.43. The van der Waals surface area contributed by atoms with Crippen molar-refractivity contribution >= 4 is 5.91 Å². The Morgan fingerprint density at radius 1 is 1.29 bits per heavy atom. The molecule has 1 atom stereocenters. The highest BCUT2D eigenvalue weighted by Gasteiger charge is 2.34. The van der Waals surface area contributed by atoms with E-state index in [4.69, 9.17) is 4.74 Å². The van der Waals surface area contributed by atoms with Gasteiger partial charge in [-0.25, -0.2) is 0 Å². The summed E-state index contributed by atoms with van der Waals surface area (Å²) in [6, 6.07) is 13.2. The summed E-state index contributed by atoms with van der Waals surface area (Å²) in [7, 11) is 1.64. The molecule has 0 aliphatic heterocycles. The number of fused-ring (bicyclic) bond motifs is 1. The number of rotatable bonds is 4. The molecule has 0 aromatic heterocycles. The smallest absolute Gasteiger partial charge is 0.251 e. The minimum Gasteiger partial charge on any atom is -0.497 e. The van der Waals surface area contributed by atoms with E-state index in [1.165, 1.54) is 0 Å². The summed E-state index contributed by atoms with van der Waals surface area (Å²) in [5, 5.41) is 14.0. The molecule has 2 N–H and O–H groups in total. The van der Waals surface area contributed by atoms with Gasteiger partial charge in [0.2, 0.25) is 0 Å². The van der Waals surface area contributed by atoms with Crippen LogP contribution in [0.1, 0.15) is 39.9 Å². The summed E-state index contributed by atoms with van der Waals surface area (Å²) < 4.78 is 5.26. The largest absolute Gasteiger partial charge is 0.497 e. The fraction of sp³-hybridized carbons (Fsp3) is 0.350. The monoisotopic (exact) mass is 325 g/mol. The molecule has 0 heterocycles. The van der Waals surface area contributed by atoms with Gasteiger partial charge in [-0.1, -0.05) is 23.8 Å². The molecule has 2 aromatic rings. The molecular weight excluding hydrogens is 302 g/mol. The summed E-state index contributed by atoms with van der Waals surface area (Å²) in [6.07, 6.45) is 2.44. The van der Waals surface area contributed by atoms with Gasteiger partial charge >= 0.3 is 0 Å². The number of aryl methyl sites for hydroxylation is 2. The normalized spacial score (nSPS) is 19.5. The Hall–Kier alpha value is -2.33. The van der Waals surface area contributed by atoms with Crippen LogP contribution in [0.25, 0.3) is 0 Å². The van der Waals surface area contributed by atoms with Crippen molar-refractivity contribution in [3.05, 3.63) is 64.7 Å². The standard InChI is InChI=1S/C20H23NO3/c1-14-5-3-6-16(11-14)19(22)21-13-20(23)10-4-7-15-12-17(24-2)8-9-18(15)20/h3,5-6,8-9,11-12,23H,4,7,10,13H2,1-2H3,(H,21,22). The third-order valence-electron chi connectivity index (χ3n) is 4.67. The van der Waals surface area contributed by atoms with Crippen molar-refractivity contribution < 1.29 is 14.6 Å². The number of aliphatic hydroxyl groups is 1. The summed E-state index contributed by atoms with van der Waals surface area (Å²) in [4.78, 5) is 12.4. The zero-order valence-electron chi connectivity index (χ0n) is 14.1. The van der Waals surface area contributed by atoms with Crippen LogP contribution in [0.2, 0.25) is 0 Å². The number of ether oxygens (including phenoxy) is 1. The Morgan fingerprint density at radius 2 is 2.12 bits per heavy atom. The van der Waals surface area contributed by atoms with Crippen LogP contribution in [0, 0.1) is 6.92 Å². The van der Waals surface area contributed by atoms with Gasteiger partial charge in [-0.3, -0.25) is 4.79 Å². The first-order valence-electron chi connectivity index (χ1n) is 8.26. The molecule has 1 aliphatic rings. The lowest BCUT2D eigenvalue weighted by atomic mass is 9.79. The van der Waals surface area contributed by atoms with Crippen LogP contribution >= 0.6 is 0 Å². The molecule has 1 unspecified atom stereocenters. The van der Waals surface area contributed by atoms with Crippen molar-refractivity contribution in [1.82, 2.24) is 5.32 Å². The van der Waals surface area contributed by atoms with Crippen molar-refractivity contribution in [1.29, 1.82) is 0 Å². The molecule has 4 nitrogen and oxygen atoms in total. The third kappa shape index (κ3) is 3.29. The van der Waals surface area contributed by atoms with Gasteiger partial charge in [0.1, 0.15) is 11.4 Å². The highest BCUT2D eigenvalue weighted by Crippen LogP contribution is 2.36. The van der Waals surface area contributed by atoms with Crippen LogP contribution < -0.4 is 10.1 Å². The van der Waals surface area contributed by atoms with Crippen molar-refractivity contribution in [2.45, 2.75) is 31.8 Å². The van der Waals surface area contributed by atoms with Crippen molar-refractivity contribution in [3.63, 3.8) is 0 Å². The average molecular weight is 325 g/mol. The highest BCUT2D eigenvalue weighted by atomic mass is 16.5. The van der Waals surface area contributed by atoms with E-state index >= 15 is 0 Å². The number of hydrogen-bond acceptors (Lipinski definition) is 3. The van der Waals surface area contributed by atoms with Gasteiger partial charge in [0.25, 0.3) is 5.91 Å². The average Bonchev–Trinajstić information content (AvgIpc) is 2.59. The Bertz CT molecular complexity index is 756. The fourth-order valence-electron chi connectivity index (χ4n) is 3.36. The number of carbonyl (C=O) groups is 1. The Kier molecular flexibility index (Phi) is 4.58. The molecule has 0 saturated heterocycles. The van der Waals surface area contributed by atoms with Crippen molar-refractivity contribution in [2.24, 2.45) is 0 Å². The van der Waals surface area contributed by atoms with Crippen LogP contribution in [-0.4, -0.2) is 24.7 Å². The predicted molar refractivity (Wildman–Crippen MR) is 93.3 cm³/mol. The van der Waals surface area contributed by atoms with E-state index in [1.807, 2.05) is 43.3 Å². The Morgan fingerprint density at radius 3 is 2.88 bits per heavy atom. The number of methoxy groups -OCH3 is 1. The van der Waals surface area contributed by atoms with Crippen LogP contribution in [0.15, 0.2) is 42.5 Å². The summed E-state index contributed by atoms with van der Waals surface area (Å²) >= 11 is 0. The van der Waals surface area contributed by atoms with Gasteiger partial charge in [0, 0.05) is 5.56 Å². The van der Waals surface area contributed by atoms with E-state index in [1.54, 1.807) is 13.2 Å². The van der Waals surface area contributed by atoms with E-state index in [0.29, 0.717) is 12.0 Å². The minimum absolute atomic E-state index is 0.159. The van der Waals surface area contributed by atoms with E-state index in [-0.39, 0.29) is 12.5 Å². The number of hydrogen-bond donors (Lipinski definition) is 2. The molecule has 0 fully saturated rings. The maximum absolute atomic E-state index is 12.4. The van der Waals surface area contributed by atoms with Crippen LogP contribution in [0.3, 0.4) is 0 Å². The van der Waals surface area contributed by atoms with E-state index in [9.17, 15) is 9.90 Å². The molecule has 1 aliphatic carbocycles. The maximum Gasteiger partial charge on any atom is 0.251 e. The number of carbonyl (C=O) groups excluding carboxylic acids is 1. The van der Waals surface area contributed by atoms with Gasteiger partial charge < -0.3 is 15.2 Å². The zero-order valence-corrected chi connectivity index (χ0v) is 14.1. The van der Waals surface area contributed by atoms with Crippen molar-refractivity contribution in [2.75, 3.05) is 13.7 Å². The molecule has 1 amide bonds. The second kappa shape index (κ2) is 6.65. The third-order valence-corrected chi connectivity index (χ3v) is 4.67. The summed E-state index contributed by atoms with van der Waals surface area (Å²) in [5.74, 6) is 0.634. The predicted octanol–water partition coefficient (Wildman–Crippen LogP) is 2.96. The van der Waals surface area contributed by atoms with Gasteiger partial charge in [-0.15, -0.1) is 0 Å². The number of nitrogens with one attached hydrogen (secondary N) is 1. The van der Waals surface area contributed by atoms with Crippen molar-refractivity contribution in [3.8, 4) is 5.75 Å². The van der Waals surface area contributed by atoms with Crippen LogP contribution in [-0.2, 0) is 12.0 Å². The first-order chi connectivity index (χ1) is 11.5. The van der Waals surface area contributed by atoms with E-state index in [0.717, 1.165) is 35.3 Å². The van der Waals surface area contributed by atoms with Gasteiger partial charge in [-0.05, 0) is 61.6 Å². The molecule has 0 saturated carbocycles. The minimum atomic E-state index is -1.03. The molecular formula is C20H23NO3. The second-order valence-corrected chi connectivity index (χ2v) is 6.46. The molecule has 24 heavy (non-hydrogen) atoms. The molecule has 4 heteroatoms. The zero-order chi connectivity index (χ0) is 17.2. The van der Waals surface area contributed by atoms with Gasteiger partial charge in [-0.2, -0.15) is 0 Å². The molecule has 126 valence electrons. The van der Waals surface area contributed by atoms with Gasteiger partial charge in [0.05, 0.1) is 13.7 Å². The summed E-state index contributed by atoms with van der Waals surface area (Å²) in [5.41, 5.74) is 2.60. The van der Waals surface area contributed by atoms with E-state index in [2.05, 4.69) is 5.32 Å². The maximum atomic E-state index is 12.4. The topological polar surface area (TPSA) is 58.6 Å². The van der Waals surface area contributed by atoms with Crippen LogP contribution in [0.5, 0.6) is 5.75 Å². The number of amides is 1. The lowest BCUT2D eigenvalue weighted by Gasteiger charge is -2.35. The Labute approximate surface area is 142 Å². The van der Waals surface area contributed by atoms with Gasteiger partial charge in [0.15, 0.2) is 0 Å². The molecule has 3 rings (SSSR count). The highest BCUT2D eigenvalue weighted by molar-refractivity contribution is 5.94. The molecule has 0 bridgehead atoms. The molecule has 0 spiro atoms. The second-order valence-electron chi connectivity index (χ2n) is 6.46. The quantitative estimate of drug-likeness (QED) is 0.908. The Balaban J connectivity index is 1.77. The fourth-order valence-corrected chi connectivity index (χ4v) is 3.36. The first-order valence-corrected chi connectivity index (χ1v) is 8.26. The first kappa shape index (κ1) is 16.5. The molecule has 2 aromatic carbocycles. The molecule has 0 radical (unpaired) electrons. The number of benzene rings is 2. The SMILES string of the molecule is COc1ccc2c(c1)CCCC2(O)CNC(=O)c1cccc(C)c1. The summed E-state index contributed by atoms with van der Waals surface area (Å²) in [6.45, 7) is 2.16.